The first-order chi connectivity index (χ1) is 7.83. The second-order valence-electron chi connectivity index (χ2n) is 5.11. The zero-order valence-electron chi connectivity index (χ0n) is 9.42. The van der Waals surface area contributed by atoms with E-state index in [-0.39, 0.29) is 0 Å². The highest BCUT2D eigenvalue weighted by molar-refractivity contribution is 9.11. The minimum atomic E-state index is 0.850. The summed E-state index contributed by atoms with van der Waals surface area (Å²) < 4.78 is 1.25. The first-order valence-electron chi connectivity index (χ1n) is 6.30. The van der Waals surface area contributed by atoms with Gasteiger partial charge in [-0.2, -0.15) is 0 Å². The molecule has 0 unspecified atom stereocenters. The van der Waals surface area contributed by atoms with E-state index < -0.39 is 0 Å². The summed E-state index contributed by atoms with van der Waals surface area (Å²) in [6.07, 6.45) is 7.07. The van der Waals surface area contributed by atoms with Crippen LogP contribution in [-0.2, 0) is 6.42 Å². The van der Waals surface area contributed by atoms with Gasteiger partial charge in [0.15, 0.2) is 0 Å². The van der Waals surface area contributed by atoms with Gasteiger partial charge in [0.25, 0.3) is 0 Å². The van der Waals surface area contributed by atoms with Crippen LogP contribution in [0.15, 0.2) is 15.9 Å². The first-order valence-corrected chi connectivity index (χ1v) is 7.91. The molecule has 1 aromatic heterocycles. The Morgan fingerprint density at radius 2 is 1.94 bits per heavy atom. The molecular formula is C13H18BrNS. The molecule has 0 aliphatic heterocycles. The van der Waals surface area contributed by atoms with Crippen LogP contribution in [0, 0.1) is 11.8 Å². The molecule has 0 radical (unpaired) electrons. The van der Waals surface area contributed by atoms with Gasteiger partial charge in [0.05, 0.1) is 3.79 Å². The standard InChI is InChI=1S/C13H18BrNS/c14-12-6-5-11(16-12)7-8-15-13(9-1-2-9)10-3-4-10/h5-6,9-10,13,15H,1-4,7-8H2. The van der Waals surface area contributed by atoms with Crippen molar-refractivity contribution < 1.29 is 0 Å². The van der Waals surface area contributed by atoms with Crippen molar-refractivity contribution in [1.82, 2.24) is 5.32 Å². The van der Waals surface area contributed by atoms with Gasteiger partial charge in [0.1, 0.15) is 0 Å². The van der Waals surface area contributed by atoms with Crippen molar-refractivity contribution in [2.45, 2.75) is 38.1 Å². The van der Waals surface area contributed by atoms with Crippen LogP contribution < -0.4 is 5.32 Å². The summed E-state index contributed by atoms with van der Waals surface area (Å²) in [5.41, 5.74) is 0. The number of nitrogens with one attached hydrogen (secondary N) is 1. The van der Waals surface area contributed by atoms with Gasteiger partial charge in [-0.1, -0.05) is 0 Å². The molecule has 3 heteroatoms. The molecule has 1 heterocycles. The molecule has 2 saturated carbocycles. The quantitative estimate of drug-likeness (QED) is 0.842. The Balaban J connectivity index is 1.44. The zero-order valence-corrected chi connectivity index (χ0v) is 11.8. The highest BCUT2D eigenvalue weighted by Gasteiger charge is 2.40. The van der Waals surface area contributed by atoms with Crippen LogP contribution >= 0.6 is 27.3 Å². The Bertz CT molecular complexity index is 343. The van der Waals surface area contributed by atoms with Gasteiger partial charge in [-0.05, 0) is 72.0 Å². The van der Waals surface area contributed by atoms with Crippen molar-refractivity contribution in [3.63, 3.8) is 0 Å². The maximum Gasteiger partial charge on any atom is 0.0701 e. The second kappa shape index (κ2) is 4.79. The third-order valence-electron chi connectivity index (χ3n) is 3.64. The number of hydrogen-bond acceptors (Lipinski definition) is 2. The maximum atomic E-state index is 3.79. The lowest BCUT2D eigenvalue weighted by atomic mass is 10.1. The number of hydrogen-bond donors (Lipinski definition) is 1. The fourth-order valence-corrected chi connectivity index (χ4v) is 3.96. The van der Waals surface area contributed by atoms with Gasteiger partial charge < -0.3 is 5.32 Å². The predicted octanol–water partition coefficient (Wildman–Crippen LogP) is 3.83. The first kappa shape index (κ1) is 11.2. The van der Waals surface area contributed by atoms with Crippen molar-refractivity contribution in [3.8, 4) is 0 Å². The molecular weight excluding hydrogens is 282 g/mol. The fraction of sp³-hybridized carbons (Fsp3) is 0.692. The summed E-state index contributed by atoms with van der Waals surface area (Å²) in [5.74, 6) is 2.03. The van der Waals surface area contributed by atoms with Crippen molar-refractivity contribution >= 4 is 27.3 Å². The number of halogens is 1. The van der Waals surface area contributed by atoms with Crippen molar-refractivity contribution in [2.24, 2.45) is 11.8 Å². The van der Waals surface area contributed by atoms with E-state index in [1.165, 1.54) is 40.8 Å². The van der Waals surface area contributed by atoms with Gasteiger partial charge in [-0.25, -0.2) is 0 Å². The van der Waals surface area contributed by atoms with Crippen LogP contribution in [0.25, 0.3) is 0 Å². The average Bonchev–Trinajstić information content (AvgIpc) is 3.15. The molecule has 1 nitrogen and oxygen atoms in total. The molecule has 2 aliphatic carbocycles. The summed E-state index contributed by atoms with van der Waals surface area (Å²) in [4.78, 5) is 1.49. The summed E-state index contributed by atoms with van der Waals surface area (Å²) in [7, 11) is 0. The molecule has 16 heavy (non-hydrogen) atoms. The van der Waals surface area contributed by atoms with Crippen LogP contribution in [0.1, 0.15) is 30.6 Å². The lowest BCUT2D eigenvalue weighted by Gasteiger charge is -2.17. The smallest absolute Gasteiger partial charge is 0.0701 e. The number of rotatable bonds is 6. The normalized spacial score (nSPS) is 20.6. The van der Waals surface area contributed by atoms with Crippen LogP contribution in [0.3, 0.4) is 0 Å². The van der Waals surface area contributed by atoms with Crippen molar-refractivity contribution in [1.29, 1.82) is 0 Å². The van der Waals surface area contributed by atoms with E-state index in [0.717, 1.165) is 24.4 Å². The molecule has 0 aromatic carbocycles. The van der Waals surface area contributed by atoms with Gasteiger partial charge in [0, 0.05) is 17.5 Å². The van der Waals surface area contributed by atoms with E-state index >= 15 is 0 Å². The lowest BCUT2D eigenvalue weighted by Crippen LogP contribution is -2.34. The Labute approximate surface area is 110 Å². The molecule has 1 aromatic rings. The Kier molecular flexibility index (Phi) is 3.37. The molecule has 2 fully saturated rings. The van der Waals surface area contributed by atoms with Crippen LogP contribution in [0.5, 0.6) is 0 Å². The second-order valence-corrected chi connectivity index (χ2v) is 7.66. The third-order valence-corrected chi connectivity index (χ3v) is 5.32. The summed E-state index contributed by atoms with van der Waals surface area (Å²) >= 11 is 5.38. The van der Waals surface area contributed by atoms with Gasteiger partial charge in [-0.3, -0.25) is 0 Å². The van der Waals surface area contributed by atoms with E-state index in [1.54, 1.807) is 0 Å². The third kappa shape index (κ3) is 2.88. The Morgan fingerprint density at radius 3 is 2.44 bits per heavy atom. The summed E-state index contributed by atoms with van der Waals surface area (Å²) in [6, 6.07) is 5.24. The van der Waals surface area contributed by atoms with Crippen LogP contribution in [0.2, 0.25) is 0 Å². The lowest BCUT2D eigenvalue weighted by molar-refractivity contribution is 0.420. The molecule has 3 rings (SSSR count). The summed E-state index contributed by atoms with van der Waals surface area (Å²) in [5, 5.41) is 3.79. The molecule has 0 bridgehead atoms. The van der Waals surface area contributed by atoms with Crippen molar-refractivity contribution in [3.05, 3.63) is 20.8 Å². The van der Waals surface area contributed by atoms with Gasteiger partial charge in [0.2, 0.25) is 0 Å². The van der Waals surface area contributed by atoms with Gasteiger partial charge >= 0.3 is 0 Å². The van der Waals surface area contributed by atoms with E-state index in [9.17, 15) is 0 Å². The van der Waals surface area contributed by atoms with E-state index in [4.69, 9.17) is 0 Å². The SMILES string of the molecule is Brc1ccc(CCNC(C2CC2)C2CC2)s1. The molecule has 0 atom stereocenters. The van der Waals surface area contributed by atoms with E-state index in [1.807, 2.05) is 11.3 Å². The average molecular weight is 300 g/mol. The van der Waals surface area contributed by atoms with Crippen molar-refractivity contribution in [2.75, 3.05) is 6.54 Å². The fourth-order valence-electron chi connectivity index (χ4n) is 2.48. The van der Waals surface area contributed by atoms with E-state index in [2.05, 4.69) is 33.4 Å². The molecule has 2 aliphatic rings. The highest BCUT2D eigenvalue weighted by Crippen LogP contribution is 2.44. The Hall–Kier alpha value is 0.140. The topological polar surface area (TPSA) is 12.0 Å². The molecule has 1 N–H and O–H groups in total. The molecule has 0 saturated heterocycles. The minimum Gasteiger partial charge on any atom is -0.313 e. The Morgan fingerprint density at radius 1 is 1.25 bits per heavy atom. The molecule has 88 valence electrons. The molecule has 0 amide bonds. The summed E-state index contributed by atoms with van der Waals surface area (Å²) in [6.45, 7) is 1.16. The predicted molar refractivity (Wildman–Crippen MR) is 73.0 cm³/mol. The van der Waals surface area contributed by atoms with Crippen LogP contribution in [-0.4, -0.2) is 12.6 Å². The zero-order chi connectivity index (χ0) is 11.0. The largest absolute Gasteiger partial charge is 0.313 e. The monoisotopic (exact) mass is 299 g/mol. The molecule has 0 spiro atoms. The minimum absolute atomic E-state index is 0.850. The number of thiophene rings is 1. The highest BCUT2D eigenvalue weighted by atomic mass is 79.9. The maximum absolute atomic E-state index is 3.79. The van der Waals surface area contributed by atoms with E-state index in [0.29, 0.717) is 0 Å². The van der Waals surface area contributed by atoms with Gasteiger partial charge in [-0.15, -0.1) is 11.3 Å². The van der Waals surface area contributed by atoms with Crippen LogP contribution in [0.4, 0.5) is 0 Å².